The highest BCUT2D eigenvalue weighted by Crippen LogP contribution is 2.25. The van der Waals surface area contributed by atoms with Gasteiger partial charge in [0.2, 0.25) is 0 Å². The lowest BCUT2D eigenvalue weighted by Gasteiger charge is -2.10. The first kappa shape index (κ1) is 16.4. The number of halogens is 2. The molecule has 0 aliphatic heterocycles. The van der Waals surface area contributed by atoms with Gasteiger partial charge < -0.3 is 15.5 Å². The third kappa shape index (κ3) is 4.27. The van der Waals surface area contributed by atoms with Gasteiger partial charge in [-0.25, -0.2) is 5.84 Å². The van der Waals surface area contributed by atoms with E-state index in [2.05, 4.69) is 4.98 Å². The first-order chi connectivity index (χ1) is 10.5. The lowest BCUT2D eigenvalue weighted by Crippen LogP contribution is -2.20. The van der Waals surface area contributed by atoms with Gasteiger partial charge in [-0.05, 0) is 24.3 Å². The minimum Gasteiger partial charge on any atom is -0.487 e. The molecule has 0 fully saturated rings. The van der Waals surface area contributed by atoms with Gasteiger partial charge in [0.15, 0.2) is 0 Å². The Labute approximate surface area is 139 Å². The van der Waals surface area contributed by atoms with E-state index in [1.165, 1.54) is 5.01 Å². The van der Waals surface area contributed by atoms with Crippen LogP contribution in [-0.4, -0.2) is 17.0 Å². The normalized spacial score (nSPS) is 11.4. The second kappa shape index (κ2) is 7.35. The molecule has 0 spiro atoms. The van der Waals surface area contributed by atoms with Gasteiger partial charge in [0.25, 0.3) is 0 Å². The van der Waals surface area contributed by atoms with Gasteiger partial charge in [0, 0.05) is 28.9 Å². The lowest BCUT2D eigenvalue weighted by molar-refractivity contribution is 0.305. The van der Waals surface area contributed by atoms with E-state index in [0.29, 0.717) is 27.2 Å². The highest BCUT2D eigenvalue weighted by molar-refractivity contribution is 6.35. The van der Waals surface area contributed by atoms with Crippen LogP contribution in [0.25, 0.3) is 5.70 Å². The highest BCUT2D eigenvalue weighted by atomic mass is 35.5. The van der Waals surface area contributed by atoms with Crippen molar-refractivity contribution in [3.63, 3.8) is 0 Å². The quantitative estimate of drug-likeness (QED) is 0.647. The van der Waals surface area contributed by atoms with E-state index in [4.69, 9.17) is 39.5 Å². The fourth-order valence-electron chi connectivity index (χ4n) is 1.75. The van der Waals surface area contributed by atoms with Crippen LogP contribution in [-0.2, 0) is 6.61 Å². The van der Waals surface area contributed by atoms with Crippen molar-refractivity contribution in [1.82, 2.24) is 9.99 Å². The monoisotopic (exact) mass is 338 g/mol. The second-order valence-corrected chi connectivity index (χ2v) is 5.43. The fourth-order valence-corrected chi connectivity index (χ4v) is 2.25. The Kier molecular flexibility index (Phi) is 5.49. The number of rotatable bonds is 5. The van der Waals surface area contributed by atoms with Crippen molar-refractivity contribution in [2.24, 2.45) is 11.6 Å². The van der Waals surface area contributed by atoms with Crippen LogP contribution in [0.1, 0.15) is 11.3 Å². The van der Waals surface area contributed by atoms with E-state index in [1.807, 2.05) is 0 Å². The molecule has 0 saturated heterocycles. The van der Waals surface area contributed by atoms with Gasteiger partial charge in [-0.3, -0.25) is 4.98 Å². The molecule has 0 aliphatic rings. The SMILES string of the molecule is CN(N)/C=C(\N)c1ccc(OCc2c(Cl)cccc2Cl)cn1. The minimum atomic E-state index is 0.260. The predicted octanol–water partition coefficient (Wildman–Crippen LogP) is 3.03. The molecule has 0 amide bonds. The molecule has 0 atom stereocenters. The highest BCUT2D eigenvalue weighted by Gasteiger charge is 2.07. The smallest absolute Gasteiger partial charge is 0.138 e. The van der Waals surface area contributed by atoms with Gasteiger partial charge in [0.05, 0.1) is 17.6 Å². The molecule has 0 unspecified atom stereocenters. The van der Waals surface area contributed by atoms with Gasteiger partial charge in [-0.1, -0.05) is 29.3 Å². The van der Waals surface area contributed by atoms with Crippen LogP contribution in [0.3, 0.4) is 0 Å². The zero-order valence-corrected chi connectivity index (χ0v) is 13.5. The Bertz CT molecular complexity index is 651. The molecule has 1 aromatic carbocycles. The molecule has 0 bridgehead atoms. The number of nitrogens with two attached hydrogens (primary N) is 2. The molecule has 0 radical (unpaired) electrons. The number of hydrogen-bond donors (Lipinski definition) is 2. The molecule has 4 N–H and O–H groups in total. The van der Waals surface area contributed by atoms with Crippen LogP contribution >= 0.6 is 23.2 Å². The number of hydrogen-bond acceptors (Lipinski definition) is 5. The molecular formula is C15H16Cl2N4O. The third-order valence-corrected chi connectivity index (χ3v) is 3.53. The zero-order valence-electron chi connectivity index (χ0n) is 12.0. The van der Waals surface area contributed by atoms with Crippen LogP contribution < -0.4 is 16.3 Å². The Morgan fingerprint density at radius 3 is 2.50 bits per heavy atom. The number of ether oxygens (including phenoxy) is 1. The van der Waals surface area contributed by atoms with E-state index in [1.54, 1.807) is 49.8 Å². The fraction of sp³-hybridized carbons (Fsp3) is 0.133. The summed E-state index contributed by atoms with van der Waals surface area (Å²) in [6.07, 6.45) is 3.16. The Morgan fingerprint density at radius 2 is 1.95 bits per heavy atom. The van der Waals surface area contributed by atoms with Gasteiger partial charge >= 0.3 is 0 Å². The molecule has 2 aromatic rings. The first-order valence-electron chi connectivity index (χ1n) is 6.44. The maximum absolute atomic E-state index is 6.09. The Hall–Kier alpha value is -1.95. The van der Waals surface area contributed by atoms with Crippen molar-refractivity contribution >= 4 is 28.9 Å². The van der Waals surface area contributed by atoms with Crippen molar-refractivity contribution in [3.8, 4) is 5.75 Å². The summed E-state index contributed by atoms with van der Waals surface area (Å²) in [6, 6.07) is 8.84. The summed E-state index contributed by atoms with van der Waals surface area (Å²) >= 11 is 12.2. The molecule has 1 heterocycles. The Morgan fingerprint density at radius 1 is 1.27 bits per heavy atom. The molecule has 22 heavy (non-hydrogen) atoms. The van der Waals surface area contributed by atoms with E-state index in [9.17, 15) is 0 Å². The van der Waals surface area contributed by atoms with Crippen LogP contribution in [0.4, 0.5) is 0 Å². The summed E-state index contributed by atoms with van der Waals surface area (Å²) in [6.45, 7) is 0.260. The van der Waals surface area contributed by atoms with E-state index >= 15 is 0 Å². The zero-order chi connectivity index (χ0) is 16.1. The molecular weight excluding hydrogens is 323 g/mol. The first-order valence-corrected chi connectivity index (χ1v) is 7.20. The summed E-state index contributed by atoms with van der Waals surface area (Å²) in [5, 5.41) is 2.49. The Balaban J connectivity index is 2.06. The van der Waals surface area contributed by atoms with Crippen LogP contribution in [0.15, 0.2) is 42.7 Å². The molecule has 2 rings (SSSR count). The van der Waals surface area contributed by atoms with E-state index < -0.39 is 0 Å². The second-order valence-electron chi connectivity index (χ2n) is 4.62. The summed E-state index contributed by atoms with van der Waals surface area (Å²) in [5.74, 6) is 6.09. The van der Waals surface area contributed by atoms with Crippen molar-refractivity contribution in [2.75, 3.05) is 7.05 Å². The largest absolute Gasteiger partial charge is 0.487 e. The summed E-state index contributed by atoms with van der Waals surface area (Å²) < 4.78 is 5.64. The van der Waals surface area contributed by atoms with Gasteiger partial charge in [-0.15, -0.1) is 0 Å². The maximum atomic E-state index is 6.09. The summed E-state index contributed by atoms with van der Waals surface area (Å²) in [5.41, 5.74) is 7.66. The van der Waals surface area contributed by atoms with Crippen LogP contribution in [0.5, 0.6) is 5.75 Å². The standard InChI is InChI=1S/C15H16Cl2N4O/c1-21(19)8-14(18)15-6-5-10(7-20-15)22-9-11-12(16)3-2-4-13(11)17/h2-8H,9,18-19H2,1H3/b14-8-. The van der Waals surface area contributed by atoms with Crippen molar-refractivity contribution < 1.29 is 4.74 Å². The van der Waals surface area contributed by atoms with Crippen LogP contribution in [0, 0.1) is 0 Å². The van der Waals surface area contributed by atoms with Crippen LogP contribution in [0.2, 0.25) is 10.0 Å². The topological polar surface area (TPSA) is 77.4 Å². The summed E-state index contributed by atoms with van der Waals surface area (Å²) in [7, 11) is 1.68. The molecule has 7 heteroatoms. The van der Waals surface area contributed by atoms with Gasteiger partial charge in [0.1, 0.15) is 12.4 Å². The average molecular weight is 339 g/mol. The predicted molar refractivity (Wildman–Crippen MR) is 89.1 cm³/mol. The number of aromatic nitrogens is 1. The molecule has 1 aromatic heterocycles. The average Bonchev–Trinajstić information content (AvgIpc) is 2.46. The number of nitrogens with zero attached hydrogens (tertiary/aromatic N) is 2. The number of hydrazine groups is 1. The lowest BCUT2D eigenvalue weighted by atomic mass is 10.2. The number of pyridine rings is 1. The third-order valence-electron chi connectivity index (χ3n) is 2.82. The van der Waals surface area contributed by atoms with Crippen molar-refractivity contribution in [2.45, 2.75) is 6.61 Å². The van der Waals surface area contributed by atoms with E-state index in [-0.39, 0.29) is 6.61 Å². The number of benzene rings is 1. The molecule has 5 nitrogen and oxygen atoms in total. The molecule has 0 saturated carbocycles. The minimum absolute atomic E-state index is 0.260. The maximum Gasteiger partial charge on any atom is 0.138 e. The molecule has 0 aliphatic carbocycles. The summed E-state index contributed by atoms with van der Waals surface area (Å²) in [4.78, 5) is 4.22. The molecule has 116 valence electrons. The van der Waals surface area contributed by atoms with E-state index in [0.717, 1.165) is 5.56 Å². The van der Waals surface area contributed by atoms with Crippen molar-refractivity contribution in [3.05, 3.63) is 64.0 Å². The van der Waals surface area contributed by atoms with Gasteiger partial charge in [-0.2, -0.15) is 0 Å². The van der Waals surface area contributed by atoms with Crippen molar-refractivity contribution in [1.29, 1.82) is 0 Å².